The number of aryl methyl sites for hydroxylation is 2. The molecule has 0 aliphatic carbocycles. The molecule has 25 heavy (non-hydrogen) atoms. The summed E-state index contributed by atoms with van der Waals surface area (Å²) in [5.74, 6) is 2.23. The van der Waals surface area contributed by atoms with E-state index < -0.39 is 0 Å². The smallest absolute Gasteiger partial charge is 0.229 e. The molecule has 0 fully saturated rings. The van der Waals surface area contributed by atoms with Gasteiger partial charge in [0.25, 0.3) is 0 Å². The summed E-state index contributed by atoms with van der Waals surface area (Å²) in [6.45, 7) is 4.71. The molecular weight excluding hydrogens is 312 g/mol. The number of nitrogens with one attached hydrogen (secondary N) is 2. The molecule has 0 saturated heterocycles. The Balaban J connectivity index is 1.69. The van der Waals surface area contributed by atoms with Crippen LogP contribution in [0.1, 0.15) is 16.8 Å². The second-order valence-corrected chi connectivity index (χ2v) is 5.91. The largest absolute Gasteiger partial charge is 0.497 e. The lowest BCUT2D eigenvalue weighted by atomic mass is 10.2. The van der Waals surface area contributed by atoms with E-state index in [0.29, 0.717) is 12.5 Å². The van der Waals surface area contributed by atoms with E-state index in [-0.39, 0.29) is 0 Å². The van der Waals surface area contributed by atoms with Crippen LogP contribution in [-0.2, 0) is 6.54 Å². The van der Waals surface area contributed by atoms with E-state index in [2.05, 4.69) is 39.7 Å². The topological polar surface area (TPSA) is 59.1 Å². The SMILES string of the molecule is COc1ccc(CNc2cc(C)nc(Nc3ccc(C)cc3)n2)cc1. The normalized spacial score (nSPS) is 10.4. The van der Waals surface area contributed by atoms with E-state index in [1.54, 1.807) is 7.11 Å². The van der Waals surface area contributed by atoms with Crippen molar-refractivity contribution in [2.75, 3.05) is 17.7 Å². The molecule has 1 aromatic heterocycles. The summed E-state index contributed by atoms with van der Waals surface area (Å²) in [7, 11) is 1.67. The molecule has 3 rings (SSSR count). The molecule has 0 spiro atoms. The van der Waals surface area contributed by atoms with Crippen LogP contribution in [0.4, 0.5) is 17.5 Å². The standard InChI is InChI=1S/C20H22N4O/c1-14-4-8-17(9-5-14)23-20-22-15(2)12-19(24-20)21-13-16-6-10-18(25-3)11-7-16/h4-12H,13H2,1-3H3,(H2,21,22,23,24). The van der Waals surface area contributed by atoms with Gasteiger partial charge in [0.05, 0.1) is 7.11 Å². The van der Waals surface area contributed by atoms with Gasteiger partial charge in [-0.3, -0.25) is 0 Å². The van der Waals surface area contributed by atoms with Crippen LogP contribution < -0.4 is 15.4 Å². The first-order chi connectivity index (χ1) is 12.1. The number of methoxy groups -OCH3 is 1. The van der Waals surface area contributed by atoms with Gasteiger partial charge in [0.1, 0.15) is 11.6 Å². The number of nitrogens with zero attached hydrogens (tertiary/aromatic N) is 2. The van der Waals surface area contributed by atoms with Gasteiger partial charge in [0.15, 0.2) is 0 Å². The maximum absolute atomic E-state index is 5.18. The molecule has 0 aliphatic heterocycles. The minimum Gasteiger partial charge on any atom is -0.497 e. The van der Waals surface area contributed by atoms with Crippen molar-refractivity contribution in [3.63, 3.8) is 0 Å². The molecule has 3 aromatic rings. The Morgan fingerprint density at radius 1 is 0.920 bits per heavy atom. The van der Waals surface area contributed by atoms with Gasteiger partial charge in [0.2, 0.25) is 5.95 Å². The van der Waals surface area contributed by atoms with Crippen LogP contribution in [-0.4, -0.2) is 17.1 Å². The number of anilines is 3. The predicted octanol–water partition coefficient (Wildman–Crippen LogP) is 4.46. The zero-order valence-electron chi connectivity index (χ0n) is 14.7. The molecule has 0 amide bonds. The Labute approximate surface area is 148 Å². The minimum atomic E-state index is 0.584. The highest BCUT2D eigenvalue weighted by molar-refractivity contribution is 5.55. The van der Waals surface area contributed by atoms with E-state index in [0.717, 1.165) is 28.5 Å². The highest BCUT2D eigenvalue weighted by atomic mass is 16.5. The van der Waals surface area contributed by atoms with Gasteiger partial charge in [-0.2, -0.15) is 4.98 Å². The zero-order chi connectivity index (χ0) is 17.6. The third kappa shape index (κ3) is 4.70. The quantitative estimate of drug-likeness (QED) is 0.697. The van der Waals surface area contributed by atoms with Crippen molar-refractivity contribution in [2.45, 2.75) is 20.4 Å². The molecule has 0 saturated carbocycles. The number of hydrogen-bond donors (Lipinski definition) is 2. The Bertz CT molecular complexity index is 829. The van der Waals surface area contributed by atoms with Gasteiger partial charge in [-0.15, -0.1) is 0 Å². The fourth-order valence-electron chi connectivity index (χ4n) is 2.42. The lowest BCUT2D eigenvalue weighted by Gasteiger charge is -2.10. The molecule has 128 valence electrons. The first kappa shape index (κ1) is 16.8. The van der Waals surface area contributed by atoms with Crippen LogP contribution in [0.2, 0.25) is 0 Å². The van der Waals surface area contributed by atoms with E-state index in [1.165, 1.54) is 5.56 Å². The maximum atomic E-state index is 5.18. The van der Waals surface area contributed by atoms with Gasteiger partial charge in [-0.1, -0.05) is 29.8 Å². The van der Waals surface area contributed by atoms with Crippen molar-refractivity contribution < 1.29 is 4.74 Å². The second kappa shape index (κ2) is 7.66. The molecule has 0 radical (unpaired) electrons. The number of rotatable bonds is 6. The Kier molecular flexibility index (Phi) is 5.14. The lowest BCUT2D eigenvalue weighted by Crippen LogP contribution is -2.05. The van der Waals surface area contributed by atoms with Crippen LogP contribution in [0, 0.1) is 13.8 Å². The molecule has 0 atom stereocenters. The lowest BCUT2D eigenvalue weighted by molar-refractivity contribution is 0.414. The summed E-state index contributed by atoms with van der Waals surface area (Å²) in [5, 5.41) is 6.59. The number of hydrogen-bond acceptors (Lipinski definition) is 5. The summed E-state index contributed by atoms with van der Waals surface area (Å²) >= 11 is 0. The molecule has 2 N–H and O–H groups in total. The molecule has 0 bridgehead atoms. The molecular formula is C20H22N4O. The number of aromatic nitrogens is 2. The fraction of sp³-hybridized carbons (Fsp3) is 0.200. The van der Waals surface area contributed by atoms with E-state index >= 15 is 0 Å². The summed E-state index contributed by atoms with van der Waals surface area (Å²) in [5.41, 5.74) is 4.25. The van der Waals surface area contributed by atoms with Crippen molar-refractivity contribution in [1.82, 2.24) is 9.97 Å². The average molecular weight is 334 g/mol. The summed E-state index contributed by atoms with van der Waals surface area (Å²) in [4.78, 5) is 8.99. The van der Waals surface area contributed by atoms with E-state index in [9.17, 15) is 0 Å². The summed E-state index contributed by atoms with van der Waals surface area (Å²) < 4.78 is 5.18. The van der Waals surface area contributed by atoms with Crippen LogP contribution in [0.3, 0.4) is 0 Å². The number of benzene rings is 2. The third-order valence-corrected chi connectivity index (χ3v) is 3.79. The Hall–Kier alpha value is -3.08. The molecule has 1 heterocycles. The van der Waals surface area contributed by atoms with Gasteiger partial charge in [0, 0.05) is 24.0 Å². The van der Waals surface area contributed by atoms with Crippen molar-refractivity contribution in [3.8, 4) is 5.75 Å². The highest BCUT2D eigenvalue weighted by Gasteiger charge is 2.03. The van der Waals surface area contributed by atoms with Crippen LogP contribution in [0.15, 0.2) is 54.6 Å². The van der Waals surface area contributed by atoms with Crippen LogP contribution in [0.25, 0.3) is 0 Å². The van der Waals surface area contributed by atoms with Crippen molar-refractivity contribution in [2.24, 2.45) is 0 Å². The van der Waals surface area contributed by atoms with Gasteiger partial charge in [-0.25, -0.2) is 4.98 Å². The van der Waals surface area contributed by atoms with E-state index in [1.807, 2.05) is 49.4 Å². The highest BCUT2D eigenvalue weighted by Crippen LogP contribution is 2.17. The van der Waals surface area contributed by atoms with Crippen molar-refractivity contribution >= 4 is 17.5 Å². The number of ether oxygens (including phenoxy) is 1. The maximum Gasteiger partial charge on any atom is 0.229 e. The molecule has 2 aromatic carbocycles. The van der Waals surface area contributed by atoms with Crippen molar-refractivity contribution in [1.29, 1.82) is 0 Å². The van der Waals surface area contributed by atoms with Gasteiger partial charge < -0.3 is 15.4 Å². The molecule has 5 nitrogen and oxygen atoms in total. The summed E-state index contributed by atoms with van der Waals surface area (Å²) in [6, 6.07) is 18.1. The fourth-order valence-corrected chi connectivity index (χ4v) is 2.42. The zero-order valence-corrected chi connectivity index (χ0v) is 14.7. The summed E-state index contributed by atoms with van der Waals surface area (Å²) in [6.07, 6.45) is 0. The predicted molar refractivity (Wildman–Crippen MR) is 102 cm³/mol. The third-order valence-electron chi connectivity index (χ3n) is 3.79. The van der Waals surface area contributed by atoms with E-state index in [4.69, 9.17) is 4.74 Å². The first-order valence-electron chi connectivity index (χ1n) is 8.18. The molecule has 0 unspecified atom stereocenters. The average Bonchev–Trinajstić information content (AvgIpc) is 2.62. The second-order valence-electron chi connectivity index (χ2n) is 5.91. The van der Waals surface area contributed by atoms with Crippen LogP contribution in [0.5, 0.6) is 5.75 Å². The Morgan fingerprint density at radius 3 is 2.32 bits per heavy atom. The molecule has 0 aliphatic rings. The minimum absolute atomic E-state index is 0.584. The van der Waals surface area contributed by atoms with Crippen LogP contribution >= 0.6 is 0 Å². The van der Waals surface area contributed by atoms with Gasteiger partial charge >= 0.3 is 0 Å². The first-order valence-corrected chi connectivity index (χ1v) is 8.18. The van der Waals surface area contributed by atoms with Crippen molar-refractivity contribution in [3.05, 3.63) is 71.4 Å². The van der Waals surface area contributed by atoms with Gasteiger partial charge in [-0.05, 0) is 43.7 Å². The molecule has 5 heteroatoms. The monoisotopic (exact) mass is 334 g/mol. The Morgan fingerprint density at radius 2 is 1.64 bits per heavy atom.